The Morgan fingerprint density at radius 2 is 1.81 bits per heavy atom. The molecule has 0 radical (unpaired) electrons. The molecular formula is C19H15F2N3O2. The largest absolute Gasteiger partial charge is 0.350 e. The SMILES string of the molecule is O=C(Cn1nc(-c2ccccc2)ccc1=O)NCc1ccc(F)cc1F. The molecule has 7 heteroatoms. The highest BCUT2D eigenvalue weighted by Gasteiger charge is 2.09. The number of carbonyl (C=O) groups is 1. The van der Waals surface area contributed by atoms with Gasteiger partial charge in [0.25, 0.3) is 5.56 Å². The first-order valence-corrected chi connectivity index (χ1v) is 7.87. The Morgan fingerprint density at radius 1 is 1.04 bits per heavy atom. The molecule has 0 aliphatic heterocycles. The first-order valence-electron chi connectivity index (χ1n) is 7.87. The van der Waals surface area contributed by atoms with Gasteiger partial charge in [0.05, 0.1) is 5.69 Å². The molecule has 0 unspecified atom stereocenters. The Bertz CT molecular complexity index is 988. The summed E-state index contributed by atoms with van der Waals surface area (Å²) >= 11 is 0. The van der Waals surface area contributed by atoms with Gasteiger partial charge in [-0.3, -0.25) is 9.59 Å². The lowest BCUT2D eigenvalue weighted by atomic mass is 10.1. The van der Waals surface area contributed by atoms with Crippen molar-refractivity contribution in [1.29, 1.82) is 0 Å². The topological polar surface area (TPSA) is 64.0 Å². The molecule has 5 nitrogen and oxygen atoms in total. The summed E-state index contributed by atoms with van der Waals surface area (Å²) in [5.41, 5.74) is 1.10. The molecule has 0 aliphatic rings. The van der Waals surface area contributed by atoms with Crippen LogP contribution in [0.4, 0.5) is 8.78 Å². The van der Waals surface area contributed by atoms with Crippen LogP contribution in [-0.2, 0) is 17.9 Å². The molecule has 3 rings (SSSR count). The van der Waals surface area contributed by atoms with E-state index in [1.54, 1.807) is 6.07 Å². The van der Waals surface area contributed by atoms with E-state index in [1.165, 1.54) is 12.1 Å². The maximum absolute atomic E-state index is 13.6. The first-order chi connectivity index (χ1) is 12.5. The van der Waals surface area contributed by atoms with Crippen molar-refractivity contribution < 1.29 is 13.6 Å². The van der Waals surface area contributed by atoms with Crippen LogP contribution in [0.2, 0.25) is 0 Å². The van der Waals surface area contributed by atoms with Gasteiger partial charge >= 0.3 is 0 Å². The van der Waals surface area contributed by atoms with Gasteiger partial charge in [0.15, 0.2) is 0 Å². The summed E-state index contributed by atoms with van der Waals surface area (Å²) in [5, 5.41) is 6.68. The number of nitrogens with zero attached hydrogens (tertiary/aromatic N) is 2. The smallest absolute Gasteiger partial charge is 0.267 e. The van der Waals surface area contributed by atoms with Crippen LogP contribution in [0.25, 0.3) is 11.3 Å². The molecule has 1 aromatic heterocycles. The van der Waals surface area contributed by atoms with E-state index < -0.39 is 23.1 Å². The van der Waals surface area contributed by atoms with Crippen molar-refractivity contribution in [3.63, 3.8) is 0 Å². The average Bonchev–Trinajstić information content (AvgIpc) is 2.63. The Hall–Kier alpha value is -3.35. The van der Waals surface area contributed by atoms with E-state index in [0.717, 1.165) is 22.4 Å². The molecule has 1 heterocycles. The van der Waals surface area contributed by atoms with Crippen LogP contribution in [0.5, 0.6) is 0 Å². The molecule has 0 aliphatic carbocycles. The van der Waals surface area contributed by atoms with Gasteiger partial charge in [-0.15, -0.1) is 0 Å². The van der Waals surface area contributed by atoms with Crippen molar-refractivity contribution >= 4 is 5.91 Å². The molecule has 3 aromatic rings. The monoisotopic (exact) mass is 355 g/mol. The van der Waals surface area contributed by atoms with Crippen LogP contribution in [0, 0.1) is 11.6 Å². The number of hydrogen-bond donors (Lipinski definition) is 1. The molecule has 2 aromatic carbocycles. The fourth-order valence-corrected chi connectivity index (χ4v) is 2.38. The number of benzene rings is 2. The summed E-state index contributed by atoms with van der Waals surface area (Å²) in [7, 11) is 0. The number of nitrogens with one attached hydrogen (secondary N) is 1. The van der Waals surface area contributed by atoms with Crippen LogP contribution in [-0.4, -0.2) is 15.7 Å². The second-order valence-electron chi connectivity index (χ2n) is 5.59. The molecule has 0 spiro atoms. The zero-order valence-corrected chi connectivity index (χ0v) is 13.7. The number of hydrogen-bond acceptors (Lipinski definition) is 3. The molecule has 1 amide bonds. The fraction of sp³-hybridized carbons (Fsp3) is 0.105. The molecule has 0 fully saturated rings. The molecule has 0 bridgehead atoms. The minimum absolute atomic E-state index is 0.113. The van der Waals surface area contributed by atoms with Crippen LogP contribution in [0.3, 0.4) is 0 Å². The van der Waals surface area contributed by atoms with Gasteiger partial charge in [0.2, 0.25) is 5.91 Å². The third kappa shape index (κ3) is 4.18. The molecule has 26 heavy (non-hydrogen) atoms. The highest BCUT2D eigenvalue weighted by atomic mass is 19.1. The highest BCUT2D eigenvalue weighted by molar-refractivity contribution is 5.75. The van der Waals surface area contributed by atoms with Crippen LogP contribution in [0.1, 0.15) is 5.56 Å². The molecule has 0 saturated carbocycles. The van der Waals surface area contributed by atoms with E-state index in [4.69, 9.17) is 0 Å². The molecule has 132 valence electrons. The number of carbonyl (C=O) groups excluding carboxylic acids is 1. The lowest BCUT2D eigenvalue weighted by molar-refractivity contribution is -0.122. The normalized spacial score (nSPS) is 10.5. The Kier molecular flexibility index (Phi) is 5.17. The Labute approximate surface area is 147 Å². The first kappa shape index (κ1) is 17.5. The van der Waals surface area contributed by atoms with E-state index in [2.05, 4.69) is 10.4 Å². The lowest BCUT2D eigenvalue weighted by Crippen LogP contribution is -2.33. The van der Waals surface area contributed by atoms with Crippen molar-refractivity contribution in [2.75, 3.05) is 0 Å². The van der Waals surface area contributed by atoms with Gasteiger partial charge in [0, 0.05) is 29.8 Å². The van der Waals surface area contributed by atoms with Crippen LogP contribution >= 0.6 is 0 Å². The maximum Gasteiger partial charge on any atom is 0.267 e. The van der Waals surface area contributed by atoms with Crippen molar-refractivity contribution in [3.05, 3.63) is 88.2 Å². The highest BCUT2D eigenvalue weighted by Crippen LogP contribution is 2.14. The summed E-state index contributed by atoms with van der Waals surface area (Å²) < 4.78 is 27.5. The van der Waals surface area contributed by atoms with E-state index in [0.29, 0.717) is 5.69 Å². The quantitative estimate of drug-likeness (QED) is 0.765. The van der Waals surface area contributed by atoms with Gasteiger partial charge in [0.1, 0.15) is 18.2 Å². The summed E-state index contributed by atoms with van der Waals surface area (Å²) in [6, 6.07) is 15.3. The van der Waals surface area contributed by atoms with Gasteiger partial charge in [-0.05, 0) is 12.1 Å². The Morgan fingerprint density at radius 3 is 2.54 bits per heavy atom. The number of halogens is 2. The molecule has 1 N–H and O–H groups in total. The molecule has 0 atom stereocenters. The number of aromatic nitrogens is 2. The fourth-order valence-electron chi connectivity index (χ4n) is 2.38. The standard InChI is InChI=1S/C19H15F2N3O2/c20-15-7-6-14(16(21)10-15)11-22-18(25)12-24-19(26)9-8-17(23-24)13-4-2-1-3-5-13/h1-10H,11-12H2,(H,22,25). The van der Waals surface area contributed by atoms with Crippen LogP contribution < -0.4 is 10.9 Å². The zero-order chi connectivity index (χ0) is 18.5. The third-order valence-corrected chi connectivity index (χ3v) is 3.72. The summed E-state index contributed by atoms with van der Waals surface area (Å²) in [5.74, 6) is -1.94. The van der Waals surface area contributed by atoms with E-state index >= 15 is 0 Å². The van der Waals surface area contributed by atoms with Gasteiger partial charge in [-0.25, -0.2) is 13.5 Å². The number of amides is 1. The minimum Gasteiger partial charge on any atom is -0.350 e. The Balaban J connectivity index is 1.70. The zero-order valence-electron chi connectivity index (χ0n) is 13.7. The van der Waals surface area contributed by atoms with Crippen molar-refractivity contribution in [2.45, 2.75) is 13.1 Å². The molecule has 0 saturated heterocycles. The van der Waals surface area contributed by atoms with Gasteiger partial charge in [-0.1, -0.05) is 36.4 Å². The minimum atomic E-state index is -0.744. The predicted octanol–water partition coefficient (Wildman–Crippen LogP) is 2.50. The van der Waals surface area contributed by atoms with Gasteiger partial charge < -0.3 is 5.32 Å². The van der Waals surface area contributed by atoms with E-state index in [-0.39, 0.29) is 18.7 Å². The lowest BCUT2D eigenvalue weighted by Gasteiger charge is -2.09. The van der Waals surface area contributed by atoms with Crippen molar-refractivity contribution in [3.8, 4) is 11.3 Å². The summed E-state index contributed by atoms with van der Waals surface area (Å²) in [6.07, 6.45) is 0. The third-order valence-electron chi connectivity index (χ3n) is 3.72. The summed E-state index contributed by atoms with van der Waals surface area (Å²) in [6.45, 7) is -0.416. The van der Waals surface area contributed by atoms with E-state index in [1.807, 2.05) is 30.3 Å². The second-order valence-corrected chi connectivity index (χ2v) is 5.59. The average molecular weight is 355 g/mol. The predicted molar refractivity (Wildman–Crippen MR) is 92.1 cm³/mol. The van der Waals surface area contributed by atoms with Crippen molar-refractivity contribution in [1.82, 2.24) is 15.1 Å². The van der Waals surface area contributed by atoms with Gasteiger partial charge in [-0.2, -0.15) is 5.10 Å². The molecular weight excluding hydrogens is 340 g/mol. The van der Waals surface area contributed by atoms with Crippen molar-refractivity contribution in [2.24, 2.45) is 0 Å². The maximum atomic E-state index is 13.6. The second kappa shape index (κ2) is 7.69. The number of rotatable bonds is 5. The van der Waals surface area contributed by atoms with Crippen LogP contribution in [0.15, 0.2) is 65.5 Å². The van der Waals surface area contributed by atoms with E-state index in [9.17, 15) is 18.4 Å². The summed E-state index contributed by atoms with van der Waals surface area (Å²) in [4.78, 5) is 24.0.